The number of aromatic nitrogens is 1. The van der Waals surface area contributed by atoms with Gasteiger partial charge in [-0.15, -0.1) is 0 Å². The molecule has 1 saturated heterocycles. The maximum atomic E-state index is 12.4. The van der Waals surface area contributed by atoms with Crippen LogP contribution in [-0.4, -0.2) is 67.0 Å². The van der Waals surface area contributed by atoms with Crippen LogP contribution in [0.3, 0.4) is 0 Å². The van der Waals surface area contributed by atoms with Crippen molar-refractivity contribution >= 4 is 23.3 Å². The van der Waals surface area contributed by atoms with Crippen LogP contribution in [-0.2, 0) is 12.1 Å². The minimum absolute atomic E-state index is 0.00724. The molecule has 32 heavy (non-hydrogen) atoms. The van der Waals surface area contributed by atoms with Crippen LogP contribution in [0.15, 0.2) is 30.3 Å². The first-order valence-corrected chi connectivity index (χ1v) is 11.3. The van der Waals surface area contributed by atoms with Gasteiger partial charge in [-0.1, -0.05) is 12.1 Å². The number of carbonyl (C=O) groups is 2. The lowest BCUT2D eigenvalue weighted by Crippen LogP contribution is -2.46. The molecule has 1 aromatic carbocycles. The van der Waals surface area contributed by atoms with E-state index >= 15 is 0 Å². The van der Waals surface area contributed by atoms with Crippen LogP contribution < -0.4 is 15.5 Å². The minimum atomic E-state index is -0.162. The SMILES string of the molecule is CNC(=O)c1ccc(N2CCN(Cc3ccc4c(c3)NC(=O)N(C)C43CC3)CC2)c(C)n1. The molecule has 0 bridgehead atoms. The van der Waals surface area contributed by atoms with E-state index in [0.717, 1.165) is 62.6 Å². The van der Waals surface area contributed by atoms with Crippen molar-refractivity contribution < 1.29 is 9.59 Å². The topological polar surface area (TPSA) is 80.8 Å². The number of amides is 3. The fourth-order valence-electron chi connectivity index (χ4n) is 5.04. The predicted molar refractivity (Wildman–Crippen MR) is 124 cm³/mol. The van der Waals surface area contributed by atoms with Gasteiger partial charge in [0, 0.05) is 58.1 Å². The van der Waals surface area contributed by atoms with Crippen molar-refractivity contribution in [3.63, 3.8) is 0 Å². The number of aryl methyl sites for hydroxylation is 1. The summed E-state index contributed by atoms with van der Waals surface area (Å²) in [7, 11) is 3.51. The molecule has 1 saturated carbocycles. The summed E-state index contributed by atoms with van der Waals surface area (Å²) in [5.41, 5.74) is 5.78. The average Bonchev–Trinajstić information content (AvgIpc) is 3.59. The van der Waals surface area contributed by atoms with Gasteiger partial charge in [0.05, 0.1) is 16.9 Å². The normalized spacial score (nSPS) is 19.5. The number of hydrogen-bond acceptors (Lipinski definition) is 5. The molecular weight excluding hydrogens is 404 g/mol. The molecular formula is C24H30N6O2. The van der Waals surface area contributed by atoms with E-state index in [0.29, 0.717) is 5.69 Å². The molecule has 3 aliphatic rings. The second-order valence-electron chi connectivity index (χ2n) is 9.04. The highest BCUT2D eigenvalue weighted by Gasteiger charge is 2.53. The van der Waals surface area contributed by atoms with Crippen LogP contribution >= 0.6 is 0 Å². The number of urea groups is 1. The molecule has 2 aliphatic heterocycles. The zero-order valence-corrected chi connectivity index (χ0v) is 18.9. The highest BCUT2D eigenvalue weighted by molar-refractivity contribution is 5.94. The summed E-state index contributed by atoms with van der Waals surface area (Å²) >= 11 is 0. The van der Waals surface area contributed by atoms with Crippen LogP contribution in [0.2, 0.25) is 0 Å². The molecule has 2 N–H and O–H groups in total. The molecule has 5 rings (SSSR count). The molecule has 0 unspecified atom stereocenters. The molecule has 1 aliphatic carbocycles. The van der Waals surface area contributed by atoms with Gasteiger partial charge < -0.3 is 20.4 Å². The lowest BCUT2D eigenvalue weighted by molar-refractivity contribution is 0.0958. The number of hydrogen-bond donors (Lipinski definition) is 2. The quantitative estimate of drug-likeness (QED) is 0.773. The first kappa shape index (κ1) is 20.8. The number of pyridine rings is 1. The Morgan fingerprint density at radius 3 is 2.56 bits per heavy atom. The molecule has 8 nitrogen and oxygen atoms in total. The van der Waals surface area contributed by atoms with Crippen molar-refractivity contribution in [2.75, 3.05) is 50.5 Å². The average molecular weight is 435 g/mol. The molecule has 1 aromatic heterocycles. The molecule has 8 heteroatoms. The van der Waals surface area contributed by atoms with Gasteiger partial charge in [0.1, 0.15) is 5.69 Å². The van der Waals surface area contributed by atoms with E-state index in [1.165, 1.54) is 11.1 Å². The zero-order valence-electron chi connectivity index (χ0n) is 18.9. The van der Waals surface area contributed by atoms with E-state index in [1.807, 2.05) is 24.9 Å². The summed E-state index contributed by atoms with van der Waals surface area (Å²) in [5.74, 6) is -0.162. The standard InChI is InChI=1S/C24H30N6O2/c1-16-21(7-6-19(26-16)22(31)25-2)30-12-10-29(11-13-30)15-17-4-5-18-20(14-17)27-23(32)28(3)24(18)8-9-24/h4-7,14H,8-13,15H2,1-3H3,(H,25,31)(H,27,32). The van der Waals surface area contributed by atoms with Crippen molar-refractivity contribution in [1.82, 2.24) is 20.1 Å². The third-order valence-corrected chi connectivity index (χ3v) is 7.13. The number of carbonyl (C=O) groups excluding carboxylic acids is 2. The van der Waals surface area contributed by atoms with E-state index in [2.05, 4.69) is 43.6 Å². The van der Waals surface area contributed by atoms with Gasteiger partial charge in [0.2, 0.25) is 0 Å². The summed E-state index contributed by atoms with van der Waals surface area (Å²) in [6.07, 6.45) is 2.09. The van der Waals surface area contributed by atoms with Gasteiger partial charge in [-0.05, 0) is 43.5 Å². The Kier molecular flexibility index (Phi) is 5.04. The number of fused-ring (bicyclic) bond motifs is 2. The molecule has 168 valence electrons. The molecule has 0 radical (unpaired) electrons. The van der Waals surface area contributed by atoms with Crippen molar-refractivity contribution in [2.45, 2.75) is 31.8 Å². The van der Waals surface area contributed by atoms with E-state index in [9.17, 15) is 9.59 Å². The van der Waals surface area contributed by atoms with Gasteiger partial charge in [-0.25, -0.2) is 9.78 Å². The summed E-state index contributed by atoms with van der Waals surface area (Å²) in [6.45, 7) is 6.56. The molecule has 2 fully saturated rings. The van der Waals surface area contributed by atoms with E-state index in [1.54, 1.807) is 13.1 Å². The van der Waals surface area contributed by atoms with Crippen molar-refractivity contribution in [1.29, 1.82) is 0 Å². The van der Waals surface area contributed by atoms with Gasteiger partial charge in [-0.3, -0.25) is 9.69 Å². The van der Waals surface area contributed by atoms with Crippen molar-refractivity contribution in [3.8, 4) is 0 Å². The first-order valence-electron chi connectivity index (χ1n) is 11.3. The fourth-order valence-corrected chi connectivity index (χ4v) is 5.04. The predicted octanol–water partition coefficient (Wildman–Crippen LogP) is 2.54. The zero-order chi connectivity index (χ0) is 22.5. The molecule has 0 atom stereocenters. The van der Waals surface area contributed by atoms with Gasteiger partial charge >= 0.3 is 6.03 Å². The smallest absolute Gasteiger partial charge is 0.322 e. The summed E-state index contributed by atoms with van der Waals surface area (Å²) in [4.78, 5) is 35.3. The van der Waals surface area contributed by atoms with Crippen LogP contribution in [0.4, 0.5) is 16.2 Å². The van der Waals surface area contributed by atoms with Crippen molar-refractivity contribution in [2.24, 2.45) is 0 Å². The Morgan fingerprint density at radius 1 is 1.16 bits per heavy atom. The Bertz CT molecular complexity index is 1070. The lowest BCUT2D eigenvalue weighted by atomic mass is 9.97. The molecule has 3 heterocycles. The second kappa shape index (κ2) is 7.78. The Labute approximate surface area is 188 Å². The Balaban J connectivity index is 1.23. The lowest BCUT2D eigenvalue weighted by Gasteiger charge is -2.37. The fraction of sp³-hybridized carbons (Fsp3) is 0.458. The molecule has 2 aromatic rings. The third kappa shape index (κ3) is 3.48. The summed E-state index contributed by atoms with van der Waals surface area (Å²) < 4.78 is 0. The van der Waals surface area contributed by atoms with E-state index in [4.69, 9.17) is 0 Å². The summed E-state index contributed by atoms with van der Waals surface area (Å²) in [6, 6.07) is 10.3. The highest BCUT2D eigenvalue weighted by atomic mass is 16.2. The van der Waals surface area contributed by atoms with Crippen LogP contribution in [0.25, 0.3) is 0 Å². The van der Waals surface area contributed by atoms with Gasteiger partial charge in [0.25, 0.3) is 5.91 Å². The van der Waals surface area contributed by atoms with Crippen molar-refractivity contribution in [3.05, 3.63) is 52.8 Å². The van der Waals surface area contributed by atoms with Gasteiger partial charge in [0.15, 0.2) is 0 Å². The Hall–Kier alpha value is -3.13. The maximum absolute atomic E-state index is 12.4. The molecule has 1 spiro atoms. The van der Waals surface area contributed by atoms with Crippen LogP contribution in [0.5, 0.6) is 0 Å². The second-order valence-corrected chi connectivity index (χ2v) is 9.04. The number of piperazine rings is 1. The van der Waals surface area contributed by atoms with E-state index < -0.39 is 0 Å². The number of nitrogens with one attached hydrogen (secondary N) is 2. The maximum Gasteiger partial charge on any atom is 0.322 e. The third-order valence-electron chi connectivity index (χ3n) is 7.13. The highest BCUT2D eigenvalue weighted by Crippen LogP contribution is 2.54. The molecule has 3 amide bonds. The number of anilines is 2. The number of rotatable bonds is 4. The summed E-state index contributed by atoms with van der Waals surface area (Å²) in [5, 5.41) is 5.68. The van der Waals surface area contributed by atoms with E-state index in [-0.39, 0.29) is 17.5 Å². The minimum Gasteiger partial charge on any atom is -0.368 e. The monoisotopic (exact) mass is 434 g/mol. The Morgan fingerprint density at radius 2 is 1.91 bits per heavy atom. The number of benzene rings is 1. The number of nitrogens with zero attached hydrogens (tertiary/aromatic N) is 4. The van der Waals surface area contributed by atoms with Gasteiger partial charge in [-0.2, -0.15) is 0 Å². The van der Waals surface area contributed by atoms with Crippen LogP contribution in [0, 0.1) is 6.92 Å². The first-order chi connectivity index (χ1) is 15.4. The largest absolute Gasteiger partial charge is 0.368 e. The van der Waals surface area contributed by atoms with Crippen LogP contribution in [0.1, 0.15) is 40.2 Å².